The van der Waals surface area contributed by atoms with Crippen molar-refractivity contribution in [2.24, 2.45) is 0 Å². The van der Waals surface area contributed by atoms with Crippen molar-refractivity contribution in [2.75, 3.05) is 52.5 Å². The first kappa shape index (κ1) is 17.5. The van der Waals surface area contributed by atoms with Gasteiger partial charge in [0.15, 0.2) is 0 Å². The molecule has 0 unspecified atom stereocenters. The third kappa shape index (κ3) is 4.82. The van der Waals surface area contributed by atoms with E-state index >= 15 is 0 Å². The molecule has 2 aliphatic heterocycles. The summed E-state index contributed by atoms with van der Waals surface area (Å²) in [5.41, 5.74) is 0.554. The summed E-state index contributed by atoms with van der Waals surface area (Å²) in [5, 5.41) is 0.291. The second-order valence-electron chi connectivity index (χ2n) is 6.17. The van der Waals surface area contributed by atoms with Crippen LogP contribution in [0.2, 0.25) is 5.15 Å². The van der Waals surface area contributed by atoms with Crippen molar-refractivity contribution < 1.29 is 14.3 Å². The minimum absolute atomic E-state index is 0.0111. The Balaban J connectivity index is 1.57. The molecule has 3 rings (SSSR count). The molecule has 0 saturated carbocycles. The zero-order valence-corrected chi connectivity index (χ0v) is 14.6. The monoisotopic (exact) mass is 353 g/mol. The average molecular weight is 354 g/mol. The molecule has 0 N–H and O–H groups in total. The molecule has 1 amide bonds. The van der Waals surface area contributed by atoms with Crippen LogP contribution in [0.15, 0.2) is 12.1 Å². The van der Waals surface area contributed by atoms with Crippen LogP contribution in [0.3, 0.4) is 0 Å². The molecule has 2 saturated heterocycles. The van der Waals surface area contributed by atoms with Gasteiger partial charge in [0.25, 0.3) is 5.91 Å². The fourth-order valence-corrected chi connectivity index (χ4v) is 3.25. The molecule has 0 aromatic carbocycles. The Bertz CT molecular complexity index is 558. The Kier molecular flexibility index (Phi) is 6.29. The smallest absolute Gasteiger partial charge is 0.254 e. The molecule has 7 heteroatoms. The van der Waals surface area contributed by atoms with Crippen LogP contribution in [-0.2, 0) is 4.74 Å². The SMILES string of the molecule is O=C(c1cc(Cl)nc(OCCN2CCOCC2)c1)N1CCCCC1. The number of carbonyl (C=O) groups is 1. The summed E-state index contributed by atoms with van der Waals surface area (Å²) >= 11 is 6.07. The highest BCUT2D eigenvalue weighted by atomic mass is 35.5. The Morgan fingerprint density at radius 2 is 1.92 bits per heavy atom. The van der Waals surface area contributed by atoms with Gasteiger partial charge in [-0.15, -0.1) is 0 Å². The average Bonchev–Trinajstić information content (AvgIpc) is 2.62. The first-order valence-electron chi connectivity index (χ1n) is 8.62. The molecule has 2 aliphatic rings. The molecule has 3 heterocycles. The number of morpholine rings is 1. The Morgan fingerprint density at radius 1 is 1.17 bits per heavy atom. The molecule has 24 heavy (non-hydrogen) atoms. The van der Waals surface area contributed by atoms with Crippen LogP contribution in [0.4, 0.5) is 0 Å². The summed E-state index contributed by atoms with van der Waals surface area (Å²) < 4.78 is 11.0. The van der Waals surface area contributed by atoms with Crippen molar-refractivity contribution in [1.82, 2.24) is 14.8 Å². The first-order chi connectivity index (χ1) is 11.7. The van der Waals surface area contributed by atoms with E-state index in [9.17, 15) is 4.79 Å². The molecule has 132 valence electrons. The van der Waals surface area contributed by atoms with Gasteiger partial charge in [0.05, 0.1) is 13.2 Å². The molecule has 0 radical (unpaired) electrons. The topological polar surface area (TPSA) is 54.9 Å². The number of aromatic nitrogens is 1. The first-order valence-corrected chi connectivity index (χ1v) is 9.00. The lowest BCUT2D eigenvalue weighted by Crippen LogP contribution is -2.38. The number of halogens is 1. The number of rotatable bonds is 5. The van der Waals surface area contributed by atoms with Gasteiger partial charge >= 0.3 is 0 Å². The number of hydrogen-bond donors (Lipinski definition) is 0. The van der Waals surface area contributed by atoms with E-state index in [0.717, 1.165) is 58.8 Å². The molecule has 0 atom stereocenters. The lowest BCUT2D eigenvalue weighted by atomic mass is 10.1. The van der Waals surface area contributed by atoms with Crippen LogP contribution in [0.25, 0.3) is 0 Å². The van der Waals surface area contributed by atoms with E-state index in [-0.39, 0.29) is 5.91 Å². The number of pyridine rings is 1. The van der Waals surface area contributed by atoms with Crippen molar-refractivity contribution in [3.8, 4) is 5.88 Å². The number of ether oxygens (including phenoxy) is 2. The highest BCUT2D eigenvalue weighted by Crippen LogP contribution is 2.20. The lowest BCUT2D eigenvalue weighted by Gasteiger charge is -2.27. The third-order valence-electron chi connectivity index (χ3n) is 4.42. The quantitative estimate of drug-likeness (QED) is 0.758. The molecule has 1 aromatic heterocycles. The maximum atomic E-state index is 12.6. The number of likely N-dealkylation sites (tertiary alicyclic amines) is 1. The predicted molar refractivity (Wildman–Crippen MR) is 91.8 cm³/mol. The van der Waals surface area contributed by atoms with Crippen molar-refractivity contribution in [3.63, 3.8) is 0 Å². The summed E-state index contributed by atoms with van der Waals surface area (Å²) in [5.74, 6) is 0.424. The van der Waals surface area contributed by atoms with Gasteiger partial charge in [0.2, 0.25) is 5.88 Å². The summed E-state index contributed by atoms with van der Waals surface area (Å²) in [6.07, 6.45) is 3.32. The van der Waals surface area contributed by atoms with Gasteiger partial charge in [-0.3, -0.25) is 9.69 Å². The van der Waals surface area contributed by atoms with Crippen LogP contribution >= 0.6 is 11.6 Å². The number of piperidine rings is 1. The molecule has 1 aromatic rings. The van der Waals surface area contributed by atoms with Crippen molar-refractivity contribution in [1.29, 1.82) is 0 Å². The molecular weight excluding hydrogens is 330 g/mol. The van der Waals surface area contributed by atoms with E-state index in [2.05, 4.69) is 9.88 Å². The lowest BCUT2D eigenvalue weighted by molar-refractivity contribution is 0.0320. The van der Waals surface area contributed by atoms with Gasteiger partial charge in [0.1, 0.15) is 11.8 Å². The Hall–Kier alpha value is -1.37. The van der Waals surface area contributed by atoms with Crippen LogP contribution in [-0.4, -0.2) is 73.2 Å². The zero-order chi connectivity index (χ0) is 16.8. The molecule has 6 nitrogen and oxygen atoms in total. The van der Waals surface area contributed by atoms with Crippen molar-refractivity contribution >= 4 is 17.5 Å². The zero-order valence-electron chi connectivity index (χ0n) is 13.9. The minimum atomic E-state index is 0.0111. The maximum absolute atomic E-state index is 12.6. The van der Waals surface area contributed by atoms with Gasteiger partial charge < -0.3 is 14.4 Å². The van der Waals surface area contributed by atoms with Crippen LogP contribution in [0.1, 0.15) is 29.6 Å². The van der Waals surface area contributed by atoms with Crippen molar-refractivity contribution in [2.45, 2.75) is 19.3 Å². The van der Waals surface area contributed by atoms with E-state index in [4.69, 9.17) is 21.1 Å². The van der Waals surface area contributed by atoms with E-state index in [1.165, 1.54) is 6.42 Å². The van der Waals surface area contributed by atoms with Crippen LogP contribution in [0.5, 0.6) is 5.88 Å². The van der Waals surface area contributed by atoms with E-state index in [0.29, 0.717) is 23.2 Å². The number of carbonyl (C=O) groups excluding carboxylic acids is 1. The fourth-order valence-electron chi connectivity index (χ4n) is 3.05. The Morgan fingerprint density at radius 3 is 2.67 bits per heavy atom. The van der Waals surface area contributed by atoms with Gasteiger partial charge in [0, 0.05) is 44.4 Å². The highest BCUT2D eigenvalue weighted by Gasteiger charge is 2.20. The second-order valence-corrected chi connectivity index (χ2v) is 6.56. The standard InChI is InChI=1S/C17H24ClN3O3/c18-15-12-14(17(22)21-4-2-1-3-5-21)13-16(19-15)24-11-8-20-6-9-23-10-7-20/h12-13H,1-11H2. The van der Waals surface area contributed by atoms with Gasteiger partial charge in [-0.25, -0.2) is 4.98 Å². The van der Waals surface area contributed by atoms with E-state index < -0.39 is 0 Å². The van der Waals surface area contributed by atoms with E-state index in [1.54, 1.807) is 12.1 Å². The van der Waals surface area contributed by atoms with Gasteiger partial charge in [-0.2, -0.15) is 0 Å². The van der Waals surface area contributed by atoms with Crippen LogP contribution in [0, 0.1) is 0 Å². The molecule has 2 fully saturated rings. The molecule has 0 spiro atoms. The third-order valence-corrected chi connectivity index (χ3v) is 4.62. The second kappa shape index (κ2) is 8.65. The number of amides is 1. The largest absolute Gasteiger partial charge is 0.476 e. The summed E-state index contributed by atoms with van der Waals surface area (Å²) in [6, 6.07) is 3.31. The highest BCUT2D eigenvalue weighted by molar-refractivity contribution is 6.29. The fraction of sp³-hybridized carbons (Fsp3) is 0.647. The molecular formula is C17H24ClN3O3. The number of nitrogens with zero attached hydrogens (tertiary/aromatic N) is 3. The maximum Gasteiger partial charge on any atom is 0.254 e. The van der Waals surface area contributed by atoms with Crippen LogP contribution < -0.4 is 4.74 Å². The molecule has 0 bridgehead atoms. The van der Waals surface area contributed by atoms with Gasteiger partial charge in [-0.05, 0) is 25.3 Å². The minimum Gasteiger partial charge on any atom is -0.476 e. The van der Waals surface area contributed by atoms with E-state index in [1.807, 2.05) is 4.90 Å². The van der Waals surface area contributed by atoms with Gasteiger partial charge in [-0.1, -0.05) is 11.6 Å². The summed E-state index contributed by atoms with van der Waals surface area (Å²) in [4.78, 5) is 20.9. The number of hydrogen-bond acceptors (Lipinski definition) is 5. The normalized spacial score (nSPS) is 19.3. The van der Waals surface area contributed by atoms with Crippen molar-refractivity contribution in [3.05, 3.63) is 22.8 Å². The summed E-state index contributed by atoms with van der Waals surface area (Å²) in [6.45, 7) is 6.33. The Labute approximate surface area is 147 Å². The molecule has 0 aliphatic carbocycles. The summed E-state index contributed by atoms with van der Waals surface area (Å²) in [7, 11) is 0. The predicted octanol–water partition coefficient (Wildman–Crippen LogP) is 2.07.